The lowest BCUT2D eigenvalue weighted by molar-refractivity contribution is -0.388. The molecule has 0 aliphatic heterocycles. The molecule has 0 aliphatic carbocycles. The summed E-state index contributed by atoms with van der Waals surface area (Å²) in [4.78, 5) is 9.98. The molecule has 0 heterocycles. The van der Waals surface area contributed by atoms with Gasteiger partial charge in [-0.25, -0.2) is 4.39 Å². The maximum Gasteiger partial charge on any atom is 0.308 e. The van der Waals surface area contributed by atoms with E-state index in [1.807, 2.05) is 0 Å². The fraction of sp³-hybridized carbons (Fsp3) is 0.455. The van der Waals surface area contributed by atoms with E-state index in [2.05, 4.69) is 5.32 Å². The standard InChI is InChI=1S/C11H14F2N2O2/c1-6(7(2)14-3)9-4-8(12)5-10(13)11(9)15(16)17/h4-7,14H,1-3H3. The highest BCUT2D eigenvalue weighted by Gasteiger charge is 2.27. The molecule has 94 valence electrons. The van der Waals surface area contributed by atoms with Gasteiger partial charge in [0.05, 0.1) is 4.92 Å². The third kappa shape index (κ3) is 2.76. The zero-order chi connectivity index (χ0) is 13.2. The van der Waals surface area contributed by atoms with Crippen molar-refractivity contribution in [3.8, 4) is 0 Å². The Kier molecular flexibility index (Phi) is 4.11. The van der Waals surface area contributed by atoms with Crippen molar-refractivity contribution >= 4 is 5.69 Å². The fourth-order valence-electron chi connectivity index (χ4n) is 1.64. The van der Waals surface area contributed by atoms with Crippen LogP contribution in [0.5, 0.6) is 0 Å². The molecule has 0 fully saturated rings. The first-order valence-corrected chi connectivity index (χ1v) is 5.19. The van der Waals surface area contributed by atoms with Crippen molar-refractivity contribution in [1.82, 2.24) is 5.32 Å². The van der Waals surface area contributed by atoms with E-state index in [0.717, 1.165) is 6.07 Å². The topological polar surface area (TPSA) is 55.2 Å². The Hall–Kier alpha value is -1.56. The monoisotopic (exact) mass is 244 g/mol. The lowest BCUT2D eigenvalue weighted by Gasteiger charge is -2.19. The fourth-order valence-corrected chi connectivity index (χ4v) is 1.64. The van der Waals surface area contributed by atoms with E-state index in [1.54, 1.807) is 20.9 Å². The minimum absolute atomic E-state index is 0.0642. The van der Waals surface area contributed by atoms with Crippen molar-refractivity contribution in [3.63, 3.8) is 0 Å². The molecule has 1 N–H and O–H groups in total. The van der Waals surface area contributed by atoms with Crippen LogP contribution in [0.3, 0.4) is 0 Å². The van der Waals surface area contributed by atoms with Gasteiger partial charge in [0.15, 0.2) is 0 Å². The number of nitrogens with zero attached hydrogens (tertiary/aromatic N) is 1. The van der Waals surface area contributed by atoms with Gasteiger partial charge >= 0.3 is 5.69 Å². The van der Waals surface area contributed by atoms with Crippen LogP contribution in [0.1, 0.15) is 25.3 Å². The molecule has 0 saturated heterocycles. The van der Waals surface area contributed by atoms with Crippen molar-refractivity contribution in [2.45, 2.75) is 25.8 Å². The predicted molar refractivity (Wildman–Crippen MR) is 59.9 cm³/mol. The molecule has 1 aromatic rings. The molecule has 1 aromatic carbocycles. The van der Waals surface area contributed by atoms with Crippen LogP contribution in [-0.4, -0.2) is 18.0 Å². The summed E-state index contributed by atoms with van der Waals surface area (Å²) in [5, 5.41) is 13.7. The molecular formula is C11H14F2N2O2. The van der Waals surface area contributed by atoms with Crippen molar-refractivity contribution in [2.24, 2.45) is 0 Å². The van der Waals surface area contributed by atoms with Gasteiger partial charge in [0.1, 0.15) is 5.82 Å². The summed E-state index contributed by atoms with van der Waals surface area (Å²) in [5.41, 5.74) is -0.588. The van der Waals surface area contributed by atoms with Gasteiger partial charge in [-0.05, 0) is 20.0 Å². The molecule has 0 aromatic heterocycles. The minimum atomic E-state index is -1.14. The highest BCUT2D eigenvalue weighted by atomic mass is 19.1. The quantitative estimate of drug-likeness (QED) is 0.654. The number of hydrogen-bond donors (Lipinski definition) is 1. The Bertz CT molecular complexity index is 438. The summed E-state index contributed by atoms with van der Waals surface area (Å²) in [5.74, 6) is -2.32. The second-order valence-corrected chi connectivity index (χ2v) is 3.95. The van der Waals surface area contributed by atoms with Gasteiger partial charge in [-0.3, -0.25) is 10.1 Å². The number of nitro groups is 1. The van der Waals surface area contributed by atoms with Gasteiger partial charge < -0.3 is 5.32 Å². The molecule has 17 heavy (non-hydrogen) atoms. The summed E-state index contributed by atoms with van der Waals surface area (Å²) in [6.07, 6.45) is 0. The highest BCUT2D eigenvalue weighted by Crippen LogP contribution is 2.31. The molecule has 0 bridgehead atoms. The molecule has 1 rings (SSSR count). The first-order chi connectivity index (χ1) is 7.88. The van der Waals surface area contributed by atoms with Crippen LogP contribution in [0, 0.1) is 21.7 Å². The van der Waals surface area contributed by atoms with E-state index in [1.165, 1.54) is 0 Å². The molecule has 0 amide bonds. The van der Waals surface area contributed by atoms with Crippen LogP contribution in [0.2, 0.25) is 0 Å². The largest absolute Gasteiger partial charge is 0.317 e. The normalized spacial score (nSPS) is 14.4. The van der Waals surface area contributed by atoms with Crippen LogP contribution in [-0.2, 0) is 0 Å². The molecular weight excluding hydrogens is 230 g/mol. The number of nitro benzene ring substituents is 1. The summed E-state index contributed by atoms with van der Waals surface area (Å²) in [6.45, 7) is 3.47. The smallest absolute Gasteiger partial charge is 0.308 e. The molecule has 2 atom stereocenters. The van der Waals surface area contributed by atoms with Gasteiger partial charge in [0.25, 0.3) is 0 Å². The van der Waals surface area contributed by atoms with Crippen molar-refractivity contribution in [1.29, 1.82) is 0 Å². The van der Waals surface area contributed by atoms with E-state index < -0.39 is 22.2 Å². The summed E-state index contributed by atoms with van der Waals surface area (Å²) < 4.78 is 26.5. The van der Waals surface area contributed by atoms with Crippen LogP contribution in [0.25, 0.3) is 0 Å². The summed E-state index contributed by atoms with van der Waals surface area (Å²) in [6, 6.07) is 1.41. The highest BCUT2D eigenvalue weighted by molar-refractivity contribution is 5.44. The van der Waals surface area contributed by atoms with Crippen LogP contribution < -0.4 is 5.32 Å². The minimum Gasteiger partial charge on any atom is -0.317 e. The third-order valence-electron chi connectivity index (χ3n) is 2.94. The second-order valence-electron chi connectivity index (χ2n) is 3.95. The number of likely N-dealkylation sites (N-methyl/N-ethyl adjacent to an activating group) is 1. The Morgan fingerprint density at radius 1 is 1.35 bits per heavy atom. The zero-order valence-electron chi connectivity index (χ0n) is 9.83. The van der Waals surface area contributed by atoms with Gasteiger partial charge in [0.2, 0.25) is 5.82 Å². The Labute approximate surface area is 97.8 Å². The van der Waals surface area contributed by atoms with Gasteiger partial charge in [-0.1, -0.05) is 6.92 Å². The maximum absolute atomic E-state index is 13.4. The van der Waals surface area contributed by atoms with E-state index in [9.17, 15) is 18.9 Å². The Balaban J connectivity index is 3.35. The molecule has 2 unspecified atom stereocenters. The van der Waals surface area contributed by atoms with E-state index in [-0.39, 0.29) is 17.5 Å². The van der Waals surface area contributed by atoms with Crippen molar-refractivity contribution < 1.29 is 13.7 Å². The first-order valence-electron chi connectivity index (χ1n) is 5.19. The number of benzene rings is 1. The number of rotatable bonds is 4. The maximum atomic E-state index is 13.4. The average molecular weight is 244 g/mol. The van der Waals surface area contributed by atoms with Crippen LogP contribution >= 0.6 is 0 Å². The van der Waals surface area contributed by atoms with E-state index >= 15 is 0 Å². The third-order valence-corrected chi connectivity index (χ3v) is 2.94. The molecule has 4 nitrogen and oxygen atoms in total. The molecule has 6 heteroatoms. The molecule has 0 spiro atoms. The number of hydrogen-bond acceptors (Lipinski definition) is 3. The van der Waals surface area contributed by atoms with Crippen molar-refractivity contribution in [2.75, 3.05) is 7.05 Å². The SMILES string of the molecule is CNC(C)C(C)c1cc(F)cc(F)c1[N+](=O)[O-]. The molecule has 0 radical (unpaired) electrons. The van der Waals surface area contributed by atoms with Gasteiger partial charge in [0, 0.05) is 23.6 Å². The number of halogens is 2. The average Bonchev–Trinajstić information content (AvgIpc) is 2.25. The molecule has 0 aliphatic rings. The predicted octanol–water partition coefficient (Wildman–Crippen LogP) is 2.58. The van der Waals surface area contributed by atoms with E-state index in [0.29, 0.717) is 6.07 Å². The molecule has 0 saturated carbocycles. The summed E-state index contributed by atoms with van der Waals surface area (Å²) in [7, 11) is 1.68. The van der Waals surface area contributed by atoms with Crippen LogP contribution in [0.15, 0.2) is 12.1 Å². The second kappa shape index (κ2) is 5.18. The zero-order valence-corrected chi connectivity index (χ0v) is 9.83. The van der Waals surface area contributed by atoms with Crippen LogP contribution in [0.4, 0.5) is 14.5 Å². The number of nitrogens with one attached hydrogen (secondary N) is 1. The lowest BCUT2D eigenvalue weighted by Crippen LogP contribution is -2.27. The summed E-state index contributed by atoms with van der Waals surface area (Å²) >= 11 is 0. The van der Waals surface area contributed by atoms with E-state index in [4.69, 9.17) is 0 Å². The Morgan fingerprint density at radius 2 is 1.94 bits per heavy atom. The van der Waals surface area contributed by atoms with Gasteiger partial charge in [-0.15, -0.1) is 0 Å². The van der Waals surface area contributed by atoms with Crippen molar-refractivity contribution in [3.05, 3.63) is 39.4 Å². The lowest BCUT2D eigenvalue weighted by atomic mass is 9.92. The Morgan fingerprint density at radius 3 is 2.41 bits per heavy atom. The first kappa shape index (κ1) is 13.5. The van der Waals surface area contributed by atoms with Gasteiger partial charge in [-0.2, -0.15) is 4.39 Å².